The minimum atomic E-state index is -0.457. The number of nitrogens with zero attached hydrogens (tertiary/aromatic N) is 5. The topological polar surface area (TPSA) is 77.6 Å². The van der Waals surface area contributed by atoms with Crippen molar-refractivity contribution in [3.8, 4) is 0 Å². The van der Waals surface area contributed by atoms with Crippen LogP contribution < -0.4 is 10.6 Å². The highest BCUT2D eigenvalue weighted by molar-refractivity contribution is 7.27. The van der Waals surface area contributed by atoms with Gasteiger partial charge in [-0.2, -0.15) is 5.10 Å². The van der Waals surface area contributed by atoms with Crippen LogP contribution in [0.1, 0.15) is 59.7 Å². The normalized spacial score (nSPS) is 12.1. The number of halogens is 1. The van der Waals surface area contributed by atoms with Gasteiger partial charge in [0.15, 0.2) is 5.65 Å². The molecule has 0 bridgehead atoms. The highest BCUT2D eigenvalue weighted by Crippen LogP contribution is 2.35. The van der Waals surface area contributed by atoms with Gasteiger partial charge in [-0.1, -0.05) is 49.4 Å². The van der Waals surface area contributed by atoms with Gasteiger partial charge < -0.3 is 9.88 Å². The molecule has 9 heteroatoms. The largest absolute Gasteiger partial charge is 0.326 e. The predicted molar refractivity (Wildman–Crippen MR) is 152 cm³/mol. The van der Waals surface area contributed by atoms with E-state index in [1.54, 1.807) is 29.2 Å². The van der Waals surface area contributed by atoms with E-state index in [0.29, 0.717) is 53.5 Å². The van der Waals surface area contributed by atoms with Crippen LogP contribution in [0.4, 0.5) is 10.1 Å². The van der Waals surface area contributed by atoms with Crippen molar-refractivity contribution >= 4 is 37.3 Å². The smallest absolute Gasteiger partial charge is 0.257 e. The summed E-state index contributed by atoms with van der Waals surface area (Å²) < 4.78 is 19.0. The Morgan fingerprint density at radius 3 is 2.42 bits per heavy atom. The summed E-state index contributed by atoms with van der Waals surface area (Å²) in [7, 11) is 2.75. The maximum atomic E-state index is 15.2. The molecule has 2 aromatic carbocycles. The summed E-state index contributed by atoms with van der Waals surface area (Å²) in [5.41, 5.74) is 4.51. The summed E-state index contributed by atoms with van der Waals surface area (Å²) in [6, 6.07) is 16.6. The van der Waals surface area contributed by atoms with Gasteiger partial charge in [0.25, 0.3) is 5.91 Å². The van der Waals surface area contributed by atoms with Crippen molar-refractivity contribution in [3.63, 3.8) is 0 Å². The summed E-state index contributed by atoms with van der Waals surface area (Å²) in [4.78, 5) is 23.1. The molecule has 3 aromatic heterocycles. The van der Waals surface area contributed by atoms with Crippen LogP contribution in [-0.4, -0.2) is 30.2 Å². The molecule has 0 aliphatic carbocycles. The third kappa shape index (κ3) is 4.72. The molecule has 0 saturated heterocycles. The van der Waals surface area contributed by atoms with Gasteiger partial charge in [-0.15, -0.1) is 9.24 Å². The average molecular weight is 529 g/mol. The molecule has 0 spiro atoms. The molecule has 2 unspecified atom stereocenters. The van der Waals surface area contributed by atoms with Gasteiger partial charge in [-0.3, -0.25) is 9.48 Å². The third-order valence-electron chi connectivity index (χ3n) is 6.74. The highest BCUT2D eigenvalue weighted by Gasteiger charge is 2.28. The first-order chi connectivity index (χ1) is 18.4. The summed E-state index contributed by atoms with van der Waals surface area (Å²) in [5.74, 6) is -0.325. The molecule has 0 fully saturated rings. The number of aromatic nitrogens is 5. The molecular weight excluding hydrogens is 498 g/mol. The number of carbonyl (C=O) groups is 1. The Labute approximate surface area is 223 Å². The van der Waals surface area contributed by atoms with Crippen molar-refractivity contribution in [2.75, 3.05) is 5.32 Å². The zero-order chi connectivity index (χ0) is 26.8. The van der Waals surface area contributed by atoms with Crippen molar-refractivity contribution in [1.82, 2.24) is 24.3 Å². The molecule has 5 aromatic rings. The predicted octanol–water partition coefficient (Wildman–Crippen LogP) is 5.30. The van der Waals surface area contributed by atoms with Crippen molar-refractivity contribution < 1.29 is 9.18 Å². The maximum absolute atomic E-state index is 15.2. The van der Waals surface area contributed by atoms with Gasteiger partial charge in [-0.25, -0.2) is 14.4 Å². The number of anilines is 1. The number of carbonyl (C=O) groups excluding carboxylic acids is 1. The minimum Gasteiger partial charge on any atom is -0.326 e. The lowest BCUT2D eigenvalue weighted by atomic mass is 9.90. The van der Waals surface area contributed by atoms with E-state index in [4.69, 9.17) is 9.97 Å². The Hall–Kier alpha value is -3.90. The second-order valence-electron chi connectivity index (χ2n) is 9.02. The van der Waals surface area contributed by atoms with Crippen LogP contribution in [0, 0.1) is 5.82 Å². The van der Waals surface area contributed by atoms with Gasteiger partial charge >= 0.3 is 0 Å². The van der Waals surface area contributed by atoms with Crippen LogP contribution in [0.5, 0.6) is 0 Å². The maximum Gasteiger partial charge on any atom is 0.257 e. The van der Waals surface area contributed by atoms with E-state index in [2.05, 4.69) is 19.7 Å². The van der Waals surface area contributed by atoms with E-state index < -0.39 is 5.92 Å². The van der Waals surface area contributed by atoms with Gasteiger partial charge in [0, 0.05) is 24.8 Å². The minimum absolute atomic E-state index is 0.252. The number of fused-ring (bicyclic) bond motifs is 1. The van der Waals surface area contributed by atoms with Crippen LogP contribution in [0.15, 0.2) is 67.0 Å². The fraction of sp³-hybridized carbons (Fsp3) is 0.241. The van der Waals surface area contributed by atoms with Crippen LogP contribution in [0.2, 0.25) is 0 Å². The molecule has 0 saturated carbocycles. The Kier molecular flexibility index (Phi) is 7.34. The second kappa shape index (κ2) is 10.8. The lowest BCUT2D eigenvalue weighted by Gasteiger charge is -2.21. The fourth-order valence-corrected chi connectivity index (χ4v) is 5.22. The molecule has 1 N–H and O–H groups in total. The van der Waals surface area contributed by atoms with E-state index in [-0.39, 0.29) is 11.7 Å². The zero-order valence-electron chi connectivity index (χ0n) is 21.6. The molecule has 38 heavy (non-hydrogen) atoms. The van der Waals surface area contributed by atoms with Gasteiger partial charge in [-0.05, 0) is 43.3 Å². The first kappa shape index (κ1) is 25.7. The van der Waals surface area contributed by atoms with Crippen LogP contribution in [-0.2, 0) is 19.5 Å². The number of pyridine rings is 1. The summed E-state index contributed by atoms with van der Waals surface area (Å²) >= 11 is 0. The number of hydrogen-bond donors (Lipinski definition) is 1. The second-order valence-corrected chi connectivity index (χ2v) is 9.64. The molecule has 5 rings (SSSR count). The monoisotopic (exact) mass is 528 g/mol. The standard InChI is InChI=1S/C29H30FN6OP/c1-4-23-21(29(37)32-18-16-31-35(5-2)17-18)15-24-27(33-23)34-28(36(24)6-3)26(19-11-7-9-13-22(19)30)20-12-8-10-14-25(20)38/h7-17,26H,4-6,38H2,1-3H3,(H,32,37). The van der Waals surface area contributed by atoms with E-state index >= 15 is 4.39 Å². The van der Waals surface area contributed by atoms with Crippen molar-refractivity contribution in [2.24, 2.45) is 0 Å². The number of amides is 1. The Morgan fingerprint density at radius 2 is 1.76 bits per heavy atom. The third-order valence-corrected chi connectivity index (χ3v) is 7.27. The number of imidazole rings is 1. The van der Waals surface area contributed by atoms with Crippen molar-refractivity contribution in [3.05, 3.63) is 101 Å². The first-order valence-electron chi connectivity index (χ1n) is 12.8. The lowest BCUT2D eigenvalue weighted by molar-refractivity contribution is 0.102. The molecule has 2 atom stereocenters. The fourth-order valence-electron chi connectivity index (χ4n) is 4.85. The summed E-state index contributed by atoms with van der Waals surface area (Å²) in [6.45, 7) is 7.25. The van der Waals surface area contributed by atoms with E-state index in [1.807, 2.05) is 61.7 Å². The molecule has 0 aliphatic heterocycles. The van der Waals surface area contributed by atoms with Crippen molar-refractivity contribution in [2.45, 2.75) is 46.2 Å². The highest BCUT2D eigenvalue weighted by atomic mass is 31.0. The molecule has 1 amide bonds. The Balaban J connectivity index is 1.68. The van der Waals surface area contributed by atoms with E-state index in [9.17, 15) is 4.79 Å². The van der Waals surface area contributed by atoms with E-state index in [0.717, 1.165) is 16.4 Å². The zero-order valence-corrected chi connectivity index (χ0v) is 22.8. The van der Waals surface area contributed by atoms with Crippen LogP contribution >= 0.6 is 9.24 Å². The SMILES string of the molecule is CCc1nc2nc(C(c3ccccc3F)c3ccccc3P)n(CC)c2cc1C(=O)Nc1cnn(CC)c1. The first-order valence-corrected chi connectivity index (χ1v) is 13.3. The van der Waals surface area contributed by atoms with Crippen LogP contribution in [0.25, 0.3) is 11.2 Å². The van der Waals surface area contributed by atoms with E-state index in [1.165, 1.54) is 6.07 Å². The van der Waals surface area contributed by atoms with Crippen LogP contribution in [0.3, 0.4) is 0 Å². The number of rotatable bonds is 8. The van der Waals surface area contributed by atoms with Gasteiger partial charge in [0.05, 0.1) is 34.6 Å². The molecule has 3 heterocycles. The van der Waals surface area contributed by atoms with Gasteiger partial charge in [0.2, 0.25) is 0 Å². The quantitative estimate of drug-likeness (QED) is 0.277. The summed E-state index contributed by atoms with van der Waals surface area (Å²) in [5, 5.41) is 8.14. The molecule has 0 radical (unpaired) electrons. The average Bonchev–Trinajstić information content (AvgIpc) is 3.53. The molecular formula is C29H30FN6OP. The number of nitrogens with one attached hydrogen (secondary N) is 1. The lowest BCUT2D eigenvalue weighted by Crippen LogP contribution is -2.17. The number of hydrogen-bond acceptors (Lipinski definition) is 4. The number of aryl methyl sites for hydroxylation is 3. The van der Waals surface area contributed by atoms with Gasteiger partial charge in [0.1, 0.15) is 11.6 Å². The summed E-state index contributed by atoms with van der Waals surface area (Å²) in [6.07, 6.45) is 3.99. The molecule has 194 valence electrons. The Bertz CT molecular complexity index is 1580. The number of benzene rings is 2. The molecule has 0 aliphatic rings. The Morgan fingerprint density at radius 1 is 1.03 bits per heavy atom. The van der Waals surface area contributed by atoms with Crippen molar-refractivity contribution in [1.29, 1.82) is 0 Å². The molecule has 7 nitrogen and oxygen atoms in total.